The standard InChI is InChI=1S/C22H23Cl2NO5S/c1-6-29-20(27)17-12(2)18(21(28)30-22(3,4)5)31-19(17)25-16(26)10-8-13-7-9-14(23)11-15(13)24/h7-11H,6H2,1-5H3,(H,25,26)/b10-8+. The van der Waals surface area contributed by atoms with E-state index in [2.05, 4.69) is 5.32 Å². The molecule has 0 radical (unpaired) electrons. The maximum Gasteiger partial charge on any atom is 0.349 e. The first-order valence-electron chi connectivity index (χ1n) is 9.41. The largest absolute Gasteiger partial charge is 0.462 e. The van der Waals surface area contributed by atoms with E-state index in [0.29, 0.717) is 21.2 Å². The number of carbonyl (C=O) groups is 3. The Labute approximate surface area is 195 Å². The van der Waals surface area contributed by atoms with Crippen LogP contribution in [0.5, 0.6) is 0 Å². The van der Waals surface area contributed by atoms with Crippen LogP contribution < -0.4 is 5.32 Å². The Kier molecular flexibility index (Phi) is 8.28. The second kappa shape index (κ2) is 10.3. The van der Waals surface area contributed by atoms with E-state index in [1.807, 2.05) is 0 Å². The topological polar surface area (TPSA) is 81.7 Å². The first-order chi connectivity index (χ1) is 14.4. The van der Waals surface area contributed by atoms with Crippen LogP contribution in [0.1, 0.15) is 58.9 Å². The summed E-state index contributed by atoms with van der Waals surface area (Å²) in [6.45, 7) is 8.67. The lowest BCUT2D eigenvalue weighted by atomic mass is 10.1. The second-order valence-electron chi connectivity index (χ2n) is 7.47. The second-order valence-corrected chi connectivity index (χ2v) is 9.34. The van der Waals surface area contributed by atoms with Gasteiger partial charge in [0.05, 0.1) is 12.2 Å². The van der Waals surface area contributed by atoms with E-state index in [1.165, 1.54) is 12.2 Å². The number of anilines is 1. The van der Waals surface area contributed by atoms with E-state index in [1.54, 1.807) is 52.8 Å². The maximum atomic E-state index is 12.6. The fraction of sp³-hybridized carbons (Fsp3) is 0.318. The molecule has 6 nitrogen and oxygen atoms in total. The molecule has 166 valence electrons. The third-order valence-corrected chi connectivity index (χ3v) is 5.57. The van der Waals surface area contributed by atoms with Gasteiger partial charge in [-0.3, -0.25) is 4.79 Å². The molecular weight excluding hydrogens is 461 g/mol. The van der Waals surface area contributed by atoms with Gasteiger partial charge in [0.2, 0.25) is 5.91 Å². The average molecular weight is 484 g/mol. The number of amides is 1. The maximum absolute atomic E-state index is 12.6. The smallest absolute Gasteiger partial charge is 0.349 e. The molecule has 9 heteroatoms. The van der Waals surface area contributed by atoms with Crippen LogP contribution in [0.15, 0.2) is 24.3 Å². The van der Waals surface area contributed by atoms with Crippen molar-refractivity contribution in [2.75, 3.05) is 11.9 Å². The third kappa shape index (κ3) is 6.82. The molecule has 1 aromatic heterocycles. The monoisotopic (exact) mass is 483 g/mol. The van der Waals surface area contributed by atoms with Crippen molar-refractivity contribution in [2.24, 2.45) is 0 Å². The number of thiophene rings is 1. The number of benzene rings is 1. The van der Waals surface area contributed by atoms with Crippen molar-refractivity contribution in [1.29, 1.82) is 0 Å². The highest BCUT2D eigenvalue weighted by molar-refractivity contribution is 7.18. The van der Waals surface area contributed by atoms with Crippen LogP contribution in [0.25, 0.3) is 6.08 Å². The number of hydrogen-bond acceptors (Lipinski definition) is 6. The molecule has 0 spiro atoms. The van der Waals surface area contributed by atoms with E-state index >= 15 is 0 Å². The van der Waals surface area contributed by atoms with Crippen molar-refractivity contribution in [2.45, 2.75) is 40.2 Å². The first kappa shape index (κ1) is 24.9. The van der Waals surface area contributed by atoms with Gasteiger partial charge in [0.15, 0.2) is 0 Å². The number of esters is 2. The molecule has 1 amide bonds. The zero-order valence-corrected chi connectivity index (χ0v) is 20.1. The van der Waals surface area contributed by atoms with Gasteiger partial charge in [-0.2, -0.15) is 0 Å². The summed E-state index contributed by atoms with van der Waals surface area (Å²) in [6, 6.07) is 4.89. The van der Waals surface area contributed by atoms with Gasteiger partial charge in [0.1, 0.15) is 15.5 Å². The number of ether oxygens (including phenoxy) is 2. The van der Waals surface area contributed by atoms with Gasteiger partial charge >= 0.3 is 11.9 Å². The van der Waals surface area contributed by atoms with E-state index in [-0.39, 0.29) is 22.0 Å². The predicted molar refractivity (Wildman–Crippen MR) is 124 cm³/mol. The molecule has 2 rings (SSSR count). The molecule has 0 bridgehead atoms. The van der Waals surface area contributed by atoms with Crippen LogP contribution >= 0.6 is 34.5 Å². The van der Waals surface area contributed by atoms with E-state index in [0.717, 1.165) is 11.3 Å². The Balaban J connectivity index is 2.33. The Morgan fingerprint density at radius 1 is 1.16 bits per heavy atom. The van der Waals surface area contributed by atoms with Crippen LogP contribution in [-0.2, 0) is 14.3 Å². The Hall–Kier alpha value is -2.35. The normalized spacial score (nSPS) is 11.5. The van der Waals surface area contributed by atoms with Gasteiger partial charge in [-0.25, -0.2) is 9.59 Å². The fourth-order valence-corrected chi connectivity index (χ4v) is 4.07. The lowest BCUT2D eigenvalue weighted by Crippen LogP contribution is -2.23. The highest BCUT2D eigenvalue weighted by Gasteiger charge is 2.29. The molecule has 0 atom stereocenters. The van der Waals surface area contributed by atoms with Gasteiger partial charge in [-0.15, -0.1) is 11.3 Å². The molecule has 0 saturated heterocycles. The molecule has 31 heavy (non-hydrogen) atoms. The Bertz CT molecular complexity index is 1040. The zero-order valence-electron chi connectivity index (χ0n) is 17.8. The molecule has 1 heterocycles. The van der Waals surface area contributed by atoms with Crippen LogP contribution in [0.2, 0.25) is 10.0 Å². The zero-order chi connectivity index (χ0) is 23.3. The minimum absolute atomic E-state index is 0.124. The predicted octanol–water partition coefficient (Wildman–Crippen LogP) is 6.15. The number of rotatable bonds is 6. The number of halogens is 2. The Morgan fingerprint density at radius 3 is 2.42 bits per heavy atom. The van der Waals surface area contributed by atoms with Crippen molar-refractivity contribution in [3.63, 3.8) is 0 Å². The summed E-state index contributed by atoms with van der Waals surface area (Å²) in [5.41, 5.74) is 0.405. The lowest BCUT2D eigenvalue weighted by Gasteiger charge is -2.19. The van der Waals surface area contributed by atoms with E-state index < -0.39 is 23.4 Å². The molecule has 0 aliphatic heterocycles. The van der Waals surface area contributed by atoms with Gasteiger partial charge in [0.25, 0.3) is 0 Å². The van der Waals surface area contributed by atoms with Crippen LogP contribution in [0, 0.1) is 6.92 Å². The summed E-state index contributed by atoms with van der Waals surface area (Å²) >= 11 is 12.9. The molecule has 1 aromatic carbocycles. The van der Waals surface area contributed by atoms with Crippen molar-refractivity contribution in [3.05, 3.63) is 55.9 Å². The van der Waals surface area contributed by atoms with E-state index in [9.17, 15) is 14.4 Å². The molecular formula is C22H23Cl2NO5S. The van der Waals surface area contributed by atoms with Crippen LogP contribution in [0.3, 0.4) is 0 Å². The fourth-order valence-electron chi connectivity index (χ4n) is 2.53. The molecule has 0 aliphatic rings. The number of carbonyl (C=O) groups excluding carboxylic acids is 3. The van der Waals surface area contributed by atoms with Crippen LogP contribution in [0.4, 0.5) is 5.00 Å². The minimum atomic E-state index is -0.707. The first-order valence-corrected chi connectivity index (χ1v) is 11.0. The number of hydrogen-bond donors (Lipinski definition) is 1. The molecule has 0 unspecified atom stereocenters. The molecule has 0 aliphatic carbocycles. The van der Waals surface area contributed by atoms with Crippen molar-refractivity contribution in [1.82, 2.24) is 0 Å². The summed E-state index contributed by atoms with van der Waals surface area (Å²) < 4.78 is 10.5. The highest BCUT2D eigenvalue weighted by atomic mass is 35.5. The van der Waals surface area contributed by atoms with Crippen molar-refractivity contribution in [3.8, 4) is 0 Å². The summed E-state index contributed by atoms with van der Waals surface area (Å²) in [6.07, 6.45) is 2.79. The third-order valence-electron chi connectivity index (χ3n) is 3.82. The average Bonchev–Trinajstić information content (AvgIpc) is 2.96. The van der Waals surface area contributed by atoms with Gasteiger partial charge in [-0.1, -0.05) is 29.3 Å². The van der Waals surface area contributed by atoms with Gasteiger partial charge in [0, 0.05) is 16.1 Å². The molecule has 2 aromatic rings. The highest BCUT2D eigenvalue weighted by Crippen LogP contribution is 2.35. The summed E-state index contributed by atoms with van der Waals surface area (Å²) in [5.74, 6) is -1.72. The number of nitrogens with one attached hydrogen (secondary N) is 1. The SMILES string of the molecule is CCOC(=O)c1c(NC(=O)/C=C/c2ccc(Cl)cc2Cl)sc(C(=O)OC(C)(C)C)c1C. The lowest BCUT2D eigenvalue weighted by molar-refractivity contribution is -0.111. The van der Waals surface area contributed by atoms with Gasteiger partial charge in [-0.05, 0) is 64.0 Å². The Morgan fingerprint density at radius 2 is 1.84 bits per heavy atom. The summed E-state index contributed by atoms with van der Waals surface area (Å²) in [7, 11) is 0. The molecule has 0 fully saturated rings. The minimum Gasteiger partial charge on any atom is -0.462 e. The van der Waals surface area contributed by atoms with Crippen LogP contribution in [-0.4, -0.2) is 30.1 Å². The van der Waals surface area contributed by atoms with Gasteiger partial charge < -0.3 is 14.8 Å². The quantitative estimate of drug-likeness (QED) is 0.393. The van der Waals surface area contributed by atoms with Crippen molar-refractivity contribution < 1.29 is 23.9 Å². The summed E-state index contributed by atoms with van der Waals surface area (Å²) in [4.78, 5) is 37.8. The van der Waals surface area contributed by atoms with Crippen molar-refractivity contribution >= 4 is 63.5 Å². The van der Waals surface area contributed by atoms with E-state index in [4.69, 9.17) is 32.7 Å². The molecule has 0 saturated carbocycles. The summed E-state index contributed by atoms with van der Waals surface area (Å²) in [5, 5.41) is 3.72. The molecule has 1 N–H and O–H groups in total.